The summed E-state index contributed by atoms with van der Waals surface area (Å²) in [5.41, 5.74) is 1.16. The van der Waals surface area contributed by atoms with Crippen LogP contribution in [0.3, 0.4) is 0 Å². The van der Waals surface area contributed by atoms with E-state index >= 15 is 0 Å². The van der Waals surface area contributed by atoms with Crippen LogP contribution in [-0.2, 0) is 9.53 Å². The summed E-state index contributed by atoms with van der Waals surface area (Å²) in [6, 6.07) is 10.8. The number of methoxy groups -OCH3 is 1. The maximum atomic E-state index is 12.3. The number of carbonyl (C=O) groups is 2. The van der Waals surface area contributed by atoms with Gasteiger partial charge in [-0.2, -0.15) is 0 Å². The van der Waals surface area contributed by atoms with E-state index in [1.165, 1.54) is 7.11 Å². The van der Waals surface area contributed by atoms with E-state index in [1.54, 1.807) is 6.07 Å². The number of fused-ring (bicyclic) bond motifs is 1. The molecule has 2 atom stereocenters. The topological polar surface area (TPSA) is 80.3 Å². The summed E-state index contributed by atoms with van der Waals surface area (Å²) in [5.74, 6) is -0.538. The van der Waals surface area contributed by atoms with Gasteiger partial charge in [0.2, 0.25) is 0 Å². The van der Waals surface area contributed by atoms with Gasteiger partial charge in [0.15, 0.2) is 0 Å². The van der Waals surface area contributed by atoms with E-state index in [0.29, 0.717) is 18.7 Å². The van der Waals surface area contributed by atoms with Crippen molar-refractivity contribution in [2.45, 2.75) is 18.5 Å². The van der Waals surface area contributed by atoms with E-state index in [9.17, 15) is 9.59 Å². The first-order chi connectivity index (χ1) is 10.7. The lowest BCUT2D eigenvalue weighted by atomic mass is 10.1. The minimum atomic E-state index is -0.361. The number of hydrogen-bond donors (Lipinski definition) is 2. The predicted molar refractivity (Wildman–Crippen MR) is 81.4 cm³/mol. The third kappa shape index (κ3) is 2.92. The molecule has 6 heteroatoms. The molecule has 1 aliphatic heterocycles. The van der Waals surface area contributed by atoms with Crippen LogP contribution in [-0.4, -0.2) is 42.6 Å². The van der Waals surface area contributed by atoms with Gasteiger partial charge in [0.25, 0.3) is 5.91 Å². The van der Waals surface area contributed by atoms with Crippen LogP contribution in [0, 0.1) is 0 Å². The van der Waals surface area contributed by atoms with Crippen molar-refractivity contribution in [2.75, 3.05) is 13.7 Å². The van der Waals surface area contributed by atoms with Crippen molar-refractivity contribution >= 4 is 22.8 Å². The van der Waals surface area contributed by atoms with E-state index in [4.69, 9.17) is 4.74 Å². The molecule has 1 aliphatic rings. The Bertz CT molecular complexity index is 717. The molecule has 2 aromatic rings. The van der Waals surface area contributed by atoms with E-state index < -0.39 is 0 Å². The zero-order valence-electron chi connectivity index (χ0n) is 12.2. The zero-order chi connectivity index (χ0) is 15.5. The van der Waals surface area contributed by atoms with E-state index in [2.05, 4.69) is 15.6 Å². The maximum absolute atomic E-state index is 12.3. The van der Waals surface area contributed by atoms with E-state index in [0.717, 1.165) is 10.9 Å². The molecular formula is C16H17N3O3. The Balaban J connectivity index is 1.67. The Labute approximate surface area is 127 Å². The fraction of sp³-hybridized carbons (Fsp3) is 0.312. The number of carbonyl (C=O) groups excluding carboxylic acids is 2. The van der Waals surface area contributed by atoms with Gasteiger partial charge in [0, 0.05) is 18.0 Å². The Morgan fingerprint density at radius 2 is 2.09 bits per heavy atom. The van der Waals surface area contributed by atoms with Gasteiger partial charge in [-0.3, -0.25) is 9.59 Å². The number of nitrogens with zero attached hydrogens (tertiary/aromatic N) is 1. The van der Waals surface area contributed by atoms with Crippen LogP contribution in [0.1, 0.15) is 16.9 Å². The second kappa shape index (κ2) is 6.11. The summed E-state index contributed by atoms with van der Waals surface area (Å²) < 4.78 is 4.69. The molecule has 1 fully saturated rings. The van der Waals surface area contributed by atoms with E-state index in [-0.39, 0.29) is 24.0 Å². The van der Waals surface area contributed by atoms with Crippen molar-refractivity contribution in [1.82, 2.24) is 15.6 Å². The Kier molecular flexibility index (Phi) is 4.02. The minimum Gasteiger partial charge on any atom is -0.468 e. The molecular weight excluding hydrogens is 282 g/mol. The fourth-order valence-electron chi connectivity index (χ4n) is 2.62. The number of aromatic nitrogens is 1. The number of esters is 1. The van der Waals surface area contributed by atoms with Crippen molar-refractivity contribution in [3.63, 3.8) is 0 Å². The van der Waals surface area contributed by atoms with Crippen LogP contribution in [0.25, 0.3) is 10.9 Å². The second-order valence-electron chi connectivity index (χ2n) is 5.28. The van der Waals surface area contributed by atoms with E-state index in [1.807, 2.05) is 30.3 Å². The van der Waals surface area contributed by atoms with Gasteiger partial charge in [0.05, 0.1) is 12.6 Å². The van der Waals surface area contributed by atoms with Crippen molar-refractivity contribution in [1.29, 1.82) is 0 Å². The SMILES string of the molecule is COC(=O)[C@@H]1C[C@@H](NC(=O)c2ccc3ccccc3n2)CN1. The van der Waals surface area contributed by atoms with Gasteiger partial charge in [-0.25, -0.2) is 4.98 Å². The summed E-state index contributed by atoms with van der Waals surface area (Å²) in [4.78, 5) is 28.1. The van der Waals surface area contributed by atoms with Crippen LogP contribution in [0.15, 0.2) is 36.4 Å². The summed E-state index contributed by atoms with van der Waals surface area (Å²) in [6.07, 6.45) is 0.520. The highest BCUT2D eigenvalue weighted by atomic mass is 16.5. The van der Waals surface area contributed by atoms with Crippen LogP contribution < -0.4 is 10.6 Å². The Morgan fingerprint density at radius 3 is 2.91 bits per heavy atom. The zero-order valence-corrected chi connectivity index (χ0v) is 12.2. The molecule has 1 aromatic carbocycles. The first-order valence-corrected chi connectivity index (χ1v) is 7.15. The molecule has 1 aromatic heterocycles. The number of hydrogen-bond acceptors (Lipinski definition) is 5. The van der Waals surface area contributed by atoms with Gasteiger partial charge in [0.1, 0.15) is 11.7 Å². The summed E-state index contributed by atoms with van der Waals surface area (Å²) in [5, 5.41) is 6.92. The molecule has 3 rings (SSSR count). The summed E-state index contributed by atoms with van der Waals surface area (Å²) >= 11 is 0. The summed E-state index contributed by atoms with van der Waals surface area (Å²) in [6.45, 7) is 0.541. The molecule has 2 N–H and O–H groups in total. The highest BCUT2D eigenvalue weighted by molar-refractivity contribution is 5.95. The summed E-state index contributed by atoms with van der Waals surface area (Å²) in [7, 11) is 1.36. The Hall–Kier alpha value is -2.47. The number of benzene rings is 1. The monoisotopic (exact) mass is 299 g/mol. The normalized spacial score (nSPS) is 20.8. The van der Waals surface area contributed by atoms with Gasteiger partial charge >= 0.3 is 5.97 Å². The molecule has 0 bridgehead atoms. The van der Waals surface area contributed by atoms with Gasteiger partial charge in [-0.15, -0.1) is 0 Å². The van der Waals surface area contributed by atoms with Gasteiger partial charge in [-0.05, 0) is 18.6 Å². The molecule has 2 heterocycles. The maximum Gasteiger partial charge on any atom is 0.322 e. The predicted octanol–water partition coefficient (Wildman–Crippen LogP) is 0.868. The average Bonchev–Trinajstić information content (AvgIpc) is 3.02. The lowest BCUT2D eigenvalue weighted by molar-refractivity contribution is -0.142. The highest BCUT2D eigenvalue weighted by Crippen LogP contribution is 2.13. The van der Waals surface area contributed by atoms with Crippen molar-refractivity contribution in [3.8, 4) is 0 Å². The van der Waals surface area contributed by atoms with Crippen molar-refractivity contribution in [3.05, 3.63) is 42.1 Å². The largest absolute Gasteiger partial charge is 0.468 e. The lowest BCUT2D eigenvalue weighted by Gasteiger charge is -2.11. The number of nitrogens with one attached hydrogen (secondary N) is 2. The Morgan fingerprint density at radius 1 is 1.27 bits per heavy atom. The fourth-order valence-corrected chi connectivity index (χ4v) is 2.62. The molecule has 1 saturated heterocycles. The molecule has 0 aliphatic carbocycles. The standard InChI is InChI=1S/C16H17N3O3/c1-22-16(21)14-8-11(9-17-14)18-15(20)13-7-6-10-4-2-3-5-12(10)19-13/h2-7,11,14,17H,8-9H2,1H3,(H,18,20)/t11-,14+/m1/s1. The van der Waals surface area contributed by atoms with Crippen LogP contribution in [0.5, 0.6) is 0 Å². The molecule has 0 saturated carbocycles. The number of rotatable bonds is 3. The quantitative estimate of drug-likeness (QED) is 0.822. The number of para-hydroxylation sites is 1. The van der Waals surface area contributed by atoms with Gasteiger partial charge < -0.3 is 15.4 Å². The molecule has 1 amide bonds. The number of amides is 1. The molecule has 0 unspecified atom stereocenters. The molecule has 0 radical (unpaired) electrons. The van der Waals surface area contributed by atoms with Crippen LogP contribution in [0.4, 0.5) is 0 Å². The average molecular weight is 299 g/mol. The number of pyridine rings is 1. The lowest BCUT2D eigenvalue weighted by Crippen LogP contribution is -2.36. The second-order valence-corrected chi connectivity index (χ2v) is 5.28. The molecule has 0 spiro atoms. The first kappa shape index (κ1) is 14.5. The highest BCUT2D eigenvalue weighted by Gasteiger charge is 2.31. The van der Waals surface area contributed by atoms with Gasteiger partial charge in [-0.1, -0.05) is 24.3 Å². The first-order valence-electron chi connectivity index (χ1n) is 7.15. The third-order valence-electron chi connectivity index (χ3n) is 3.78. The molecule has 6 nitrogen and oxygen atoms in total. The smallest absolute Gasteiger partial charge is 0.322 e. The van der Waals surface area contributed by atoms with Crippen LogP contribution >= 0.6 is 0 Å². The molecule has 22 heavy (non-hydrogen) atoms. The molecule has 114 valence electrons. The third-order valence-corrected chi connectivity index (χ3v) is 3.78. The van der Waals surface area contributed by atoms with Crippen LogP contribution in [0.2, 0.25) is 0 Å². The van der Waals surface area contributed by atoms with Crippen molar-refractivity contribution in [2.24, 2.45) is 0 Å². The number of ether oxygens (including phenoxy) is 1. The van der Waals surface area contributed by atoms with Crippen molar-refractivity contribution < 1.29 is 14.3 Å². The minimum absolute atomic E-state index is 0.107.